The summed E-state index contributed by atoms with van der Waals surface area (Å²) in [4.78, 5) is 78.5. The second-order valence-electron chi connectivity index (χ2n) is 14.5. The molecule has 3 aromatic heterocycles. The van der Waals surface area contributed by atoms with Crippen LogP contribution >= 0.6 is 0 Å². The topological polar surface area (TPSA) is 200 Å². The number of imidazole rings is 1. The van der Waals surface area contributed by atoms with E-state index in [2.05, 4.69) is 25.2 Å². The first-order valence-electron chi connectivity index (χ1n) is 19.9. The fourth-order valence-corrected chi connectivity index (χ4v) is 7.38. The molecule has 5 heterocycles. The number of ether oxygens (including phenoxy) is 6. The molecule has 8 rings (SSSR count). The van der Waals surface area contributed by atoms with E-state index < -0.39 is 35.5 Å². The van der Waals surface area contributed by atoms with Gasteiger partial charge in [-0.1, -0.05) is 18.2 Å². The average Bonchev–Trinajstić information content (AvgIpc) is 3.85. The molecule has 1 amide bonds. The lowest BCUT2D eigenvalue weighted by Crippen LogP contribution is -2.33. The lowest BCUT2D eigenvalue weighted by atomic mass is 9.77. The number of amides is 1. The van der Waals surface area contributed by atoms with Gasteiger partial charge in [-0.05, 0) is 60.7 Å². The standard InChI is InChI=1S/C46H40N6O11/c1-29(53)60-35-10-13-39-41(22-35)62-42-23-36(61-30(2)54)11-14-40(42)46(39)38-12-9-31(21-37(38)44(56)63-46)43(55)49-17-18-58-19-20-59-45(57)52-27-34(50-28-52)26-51(24-32-7-3-5-15-47-32)25-33-8-4-6-16-48-33/h3-16,21-23,27-28H,17-20,24-26H2,1-2H3,(H,49,55). The first-order chi connectivity index (χ1) is 30.5. The summed E-state index contributed by atoms with van der Waals surface area (Å²) in [7, 11) is 0. The Morgan fingerprint density at radius 3 is 1.94 bits per heavy atom. The summed E-state index contributed by atoms with van der Waals surface area (Å²) < 4.78 is 35.2. The van der Waals surface area contributed by atoms with E-state index in [1.54, 1.807) is 55.0 Å². The fourth-order valence-electron chi connectivity index (χ4n) is 7.38. The zero-order chi connectivity index (χ0) is 43.9. The fraction of sp³-hybridized carbons (Fsp3) is 0.217. The number of aromatic nitrogens is 4. The second-order valence-corrected chi connectivity index (χ2v) is 14.5. The highest BCUT2D eigenvalue weighted by atomic mass is 16.6. The van der Waals surface area contributed by atoms with Gasteiger partial charge in [0.15, 0.2) is 5.60 Å². The number of nitrogens with one attached hydrogen (secondary N) is 1. The molecule has 0 bridgehead atoms. The zero-order valence-corrected chi connectivity index (χ0v) is 34.1. The van der Waals surface area contributed by atoms with E-state index in [4.69, 9.17) is 28.4 Å². The molecular weight excluding hydrogens is 813 g/mol. The van der Waals surface area contributed by atoms with Gasteiger partial charge in [0.2, 0.25) is 0 Å². The Balaban J connectivity index is 0.850. The summed E-state index contributed by atoms with van der Waals surface area (Å²) in [5.74, 6) is -1.33. The highest BCUT2D eigenvalue weighted by Gasteiger charge is 2.54. The van der Waals surface area contributed by atoms with Crippen LogP contribution in [0.15, 0.2) is 116 Å². The number of benzene rings is 3. The minimum atomic E-state index is -1.51. The van der Waals surface area contributed by atoms with Crippen LogP contribution in [0, 0.1) is 0 Å². The molecule has 17 nitrogen and oxygen atoms in total. The van der Waals surface area contributed by atoms with Crippen LogP contribution in [0.2, 0.25) is 0 Å². The van der Waals surface area contributed by atoms with Crippen LogP contribution in [0.25, 0.3) is 0 Å². The van der Waals surface area contributed by atoms with Crippen molar-refractivity contribution in [3.63, 3.8) is 0 Å². The van der Waals surface area contributed by atoms with Crippen LogP contribution in [-0.2, 0) is 49.0 Å². The number of hydrogen-bond donors (Lipinski definition) is 1. The van der Waals surface area contributed by atoms with Gasteiger partial charge in [-0.2, -0.15) is 0 Å². The summed E-state index contributed by atoms with van der Waals surface area (Å²) in [5, 5.41) is 2.77. The Bertz CT molecular complexity index is 2580. The molecule has 1 spiro atoms. The first kappa shape index (κ1) is 42.0. The molecule has 2 aliphatic rings. The van der Waals surface area contributed by atoms with Gasteiger partial charge in [-0.25, -0.2) is 19.1 Å². The molecule has 2 aliphatic heterocycles. The highest BCUT2D eigenvalue weighted by molar-refractivity contribution is 6.01. The van der Waals surface area contributed by atoms with Gasteiger partial charge in [0.25, 0.3) is 5.91 Å². The van der Waals surface area contributed by atoms with Crippen LogP contribution in [0.4, 0.5) is 4.79 Å². The molecule has 0 radical (unpaired) electrons. The molecule has 0 saturated heterocycles. The monoisotopic (exact) mass is 852 g/mol. The maximum absolute atomic E-state index is 13.6. The van der Waals surface area contributed by atoms with Gasteiger partial charge < -0.3 is 33.7 Å². The Hall–Kier alpha value is -7.76. The van der Waals surface area contributed by atoms with Crippen LogP contribution in [0.3, 0.4) is 0 Å². The third-order valence-electron chi connectivity index (χ3n) is 9.98. The summed E-state index contributed by atoms with van der Waals surface area (Å²) in [5.41, 5.74) is 2.65. The number of carbonyl (C=O) groups is 5. The minimum absolute atomic E-state index is 0.0338. The van der Waals surface area contributed by atoms with Gasteiger partial charge >= 0.3 is 24.0 Å². The molecular formula is C46H40N6O11. The summed E-state index contributed by atoms with van der Waals surface area (Å²) >= 11 is 0. The van der Waals surface area contributed by atoms with Gasteiger partial charge in [0.1, 0.15) is 35.9 Å². The van der Waals surface area contributed by atoms with Crippen molar-refractivity contribution in [3.05, 3.63) is 161 Å². The van der Waals surface area contributed by atoms with E-state index in [0.717, 1.165) is 11.4 Å². The Morgan fingerprint density at radius 1 is 0.714 bits per heavy atom. The molecule has 63 heavy (non-hydrogen) atoms. The average molecular weight is 853 g/mol. The summed E-state index contributed by atoms with van der Waals surface area (Å²) in [6.45, 7) is 4.39. The molecule has 1 N–H and O–H groups in total. The quantitative estimate of drug-likeness (QED) is 0.0746. The molecule has 3 aromatic carbocycles. The van der Waals surface area contributed by atoms with E-state index in [1.165, 1.54) is 42.9 Å². The van der Waals surface area contributed by atoms with Crippen molar-refractivity contribution in [1.29, 1.82) is 0 Å². The molecule has 0 atom stereocenters. The van der Waals surface area contributed by atoms with E-state index in [0.29, 0.717) is 42.0 Å². The normalized spacial score (nSPS) is 13.0. The van der Waals surface area contributed by atoms with Crippen molar-refractivity contribution in [3.8, 4) is 23.0 Å². The lowest BCUT2D eigenvalue weighted by Gasteiger charge is -2.36. The number of nitrogens with zero attached hydrogens (tertiary/aromatic N) is 5. The molecule has 320 valence electrons. The predicted molar refractivity (Wildman–Crippen MR) is 221 cm³/mol. The van der Waals surface area contributed by atoms with Crippen LogP contribution in [-0.4, -0.2) is 80.7 Å². The second kappa shape index (κ2) is 18.5. The first-order valence-corrected chi connectivity index (χ1v) is 19.9. The largest absolute Gasteiger partial charge is 0.456 e. The van der Waals surface area contributed by atoms with E-state index >= 15 is 0 Å². The van der Waals surface area contributed by atoms with Gasteiger partial charge in [-0.3, -0.25) is 29.3 Å². The number of esters is 3. The SMILES string of the molecule is CC(=O)Oc1ccc2c(c1)Oc1cc(OC(C)=O)ccc1C21OC(=O)c2cc(C(=O)NCCOCCOC(=O)n3cnc(CN(Cc4ccccn4)Cc4ccccn4)c3)ccc21. The highest BCUT2D eigenvalue weighted by Crippen LogP contribution is 2.57. The zero-order valence-electron chi connectivity index (χ0n) is 34.1. The Kier molecular flexibility index (Phi) is 12.3. The Labute approximate surface area is 360 Å². The minimum Gasteiger partial charge on any atom is -0.456 e. The summed E-state index contributed by atoms with van der Waals surface area (Å²) in [6.07, 6.45) is 5.90. The summed E-state index contributed by atoms with van der Waals surface area (Å²) in [6, 6.07) is 25.6. The third-order valence-corrected chi connectivity index (χ3v) is 9.98. The van der Waals surface area contributed by atoms with Crippen molar-refractivity contribution in [1.82, 2.24) is 29.7 Å². The molecule has 0 fully saturated rings. The molecule has 6 aromatic rings. The number of carbonyl (C=O) groups excluding carboxylic acids is 5. The smallest absolute Gasteiger partial charge is 0.419 e. The van der Waals surface area contributed by atoms with Crippen LogP contribution < -0.4 is 19.5 Å². The van der Waals surface area contributed by atoms with Crippen LogP contribution in [0.5, 0.6) is 23.0 Å². The van der Waals surface area contributed by atoms with Crippen molar-refractivity contribution in [2.75, 3.05) is 26.4 Å². The molecule has 0 unspecified atom stereocenters. The number of pyridine rings is 2. The maximum atomic E-state index is 13.6. The van der Waals surface area contributed by atoms with Gasteiger partial charge in [-0.15, -0.1) is 0 Å². The number of fused-ring (bicyclic) bond motifs is 6. The van der Waals surface area contributed by atoms with Gasteiger partial charge in [0.05, 0.1) is 35.9 Å². The number of rotatable bonds is 15. The Morgan fingerprint density at radius 2 is 1.33 bits per heavy atom. The van der Waals surface area contributed by atoms with E-state index in [1.807, 2.05) is 36.4 Å². The maximum Gasteiger partial charge on any atom is 0.419 e. The lowest BCUT2D eigenvalue weighted by molar-refractivity contribution is -0.132. The van der Waals surface area contributed by atoms with Crippen molar-refractivity contribution < 1.29 is 52.4 Å². The van der Waals surface area contributed by atoms with E-state index in [9.17, 15) is 24.0 Å². The molecule has 0 aliphatic carbocycles. The van der Waals surface area contributed by atoms with Crippen molar-refractivity contribution in [2.24, 2.45) is 0 Å². The molecule has 17 heteroatoms. The van der Waals surface area contributed by atoms with Crippen molar-refractivity contribution >= 4 is 29.9 Å². The number of hydrogen-bond acceptors (Lipinski definition) is 15. The van der Waals surface area contributed by atoms with Crippen LogP contribution in [0.1, 0.15) is 68.3 Å². The van der Waals surface area contributed by atoms with Crippen molar-refractivity contribution in [2.45, 2.75) is 39.1 Å². The predicted octanol–water partition coefficient (Wildman–Crippen LogP) is 5.73. The third kappa shape index (κ3) is 9.44. The van der Waals surface area contributed by atoms with Gasteiger partial charge in [0, 0.05) is 93.0 Å². The van der Waals surface area contributed by atoms with E-state index in [-0.39, 0.29) is 60.5 Å². The molecule has 0 saturated carbocycles.